The number of rotatable bonds is 1. The smallest absolute Gasteiger partial charge is 0.0705 e. The van der Waals surface area contributed by atoms with Gasteiger partial charge in [0.1, 0.15) is 0 Å². The Balaban J connectivity index is 2.45. The van der Waals surface area contributed by atoms with Crippen molar-refractivity contribution in [3.8, 4) is 10.4 Å². The summed E-state index contributed by atoms with van der Waals surface area (Å²) in [7, 11) is 0. The maximum atomic E-state index is 3.44. The van der Waals surface area contributed by atoms with Crippen LogP contribution in [0.4, 0.5) is 0 Å². The van der Waals surface area contributed by atoms with Gasteiger partial charge in [0.05, 0.1) is 3.79 Å². The third-order valence-electron chi connectivity index (χ3n) is 1.38. The summed E-state index contributed by atoms with van der Waals surface area (Å²) >= 11 is 6.94. The van der Waals surface area contributed by atoms with Crippen LogP contribution in [0.25, 0.3) is 10.4 Å². The van der Waals surface area contributed by atoms with Crippen LogP contribution >= 0.6 is 38.6 Å². The molecule has 0 nitrogen and oxygen atoms in total. The van der Waals surface area contributed by atoms with Crippen molar-refractivity contribution in [2.24, 2.45) is 0 Å². The minimum Gasteiger partial charge on any atom is -0.152 e. The molecule has 0 fully saturated rings. The van der Waals surface area contributed by atoms with Gasteiger partial charge in [0.15, 0.2) is 0 Å². The van der Waals surface area contributed by atoms with Crippen LogP contribution in [0.15, 0.2) is 32.7 Å². The van der Waals surface area contributed by atoms with Gasteiger partial charge < -0.3 is 0 Å². The SMILES string of the molecule is Brc1ccc(-c2ccsc2)s1. The largest absolute Gasteiger partial charge is 0.152 e. The molecule has 0 aliphatic rings. The molecular formula is C8H5BrS2. The summed E-state index contributed by atoms with van der Waals surface area (Å²) in [6.45, 7) is 0. The Morgan fingerprint density at radius 1 is 1.18 bits per heavy atom. The number of hydrogen-bond donors (Lipinski definition) is 0. The average Bonchev–Trinajstić information content (AvgIpc) is 2.55. The highest BCUT2D eigenvalue weighted by Gasteiger charge is 1.99. The maximum Gasteiger partial charge on any atom is 0.0705 e. The Morgan fingerprint density at radius 2 is 2.09 bits per heavy atom. The van der Waals surface area contributed by atoms with Crippen molar-refractivity contribution >= 4 is 38.6 Å². The second-order valence-corrected chi connectivity index (χ2v) is 5.36. The van der Waals surface area contributed by atoms with Crippen molar-refractivity contribution < 1.29 is 0 Å². The molecule has 2 aromatic rings. The van der Waals surface area contributed by atoms with Crippen molar-refractivity contribution in [3.63, 3.8) is 0 Å². The molecule has 2 heterocycles. The molecule has 2 rings (SSSR count). The molecule has 0 bridgehead atoms. The molecule has 3 heteroatoms. The lowest BCUT2D eigenvalue weighted by molar-refractivity contribution is 1.88. The monoisotopic (exact) mass is 244 g/mol. The van der Waals surface area contributed by atoms with Crippen molar-refractivity contribution in [2.45, 2.75) is 0 Å². The van der Waals surface area contributed by atoms with E-state index in [2.05, 4.69) is 44.9 Å². The van der Waals surface area contributed by atoms with Gasteiger partial charge in [-0.3, -0.25) is 0 Å². The molecule has 0 spiro atoms. The molecule has 56 valence electrons. The topological polar surface area (TPSA) is 0 Å². The lowest BCUT2D eigenvalue weighted by Crippen LogP contribution is -1.58. The summed E-state index contributed by atoms with van der Waals surface area (Å²) < 4.78 is 1.19. The van der Waals surface area contributed by atoms with Gasteiger partial charge >= 0.3 is 0 Å². The summed E-state index contributed by atoms with van der Waals surface area (Å²) in [5.74, 6) is 0. The number of halogens is 1. The van der Waals surface area contributed by atoms with E-state index in [0.717, 1.165) is 0 Å². The molecule has 0 amide bonds. The minimum atomic E-state index is 1.19. The zero-order valence-electron chi connectivity index (χ0n) is 5.58. The van der Waals surface area contributed by atoms with Gasteiger partial charge in [0.25, 0.3) is 0 Å². The summed E-state index contributed by atoms with van der Waals surface area (Å²) in [6, 6.07) is 6.36. The van der Waals surface area contributed by atoms with Crippen LogP contribution in [0, 0.1) is 0 Å². The molecule has 0 aromatic carbocycles. The molecule has 0 aliphatic heterocycles. The van der Waals surface area contributed by atoms with Crippen LogP contribution in [0.1, 0.15) is 0 Å². The van der Waals surface area contributed by atoms with E-state index in [4.69, 9.17) is 0 Å². The van der Waals surface area contributed by atoms with Gasteiger partial charge in [-0.1, -0.05) is 0 Å². The van der Waals surface area contributed by atoms with Crippen molar-refractivity contribution in [1.29, 1.82) is 0 Å². The van der Waals surface area contributed by atoms with Crippen molar-refractivity contribution in [3.05, 3.63) is 32.7 Å². The lowest BCUT2D eigenvalue weighted by atomic mass is 10.3. The van der Waals surface area contributed by atoms with Crippen molar-refractivity contribution in [2.75, 3.05) is 0 Å². The normalized spacial score (nSPS) is 10.3. The highest BCUT2D eigenvalue weighted by atomic mass is 79.9. The van der Waals surface area contributed by atoms with E-state index >= 15 is 0 Å². The molecule has 0 unspecified atom stereocenters. The van der Waals surface area contributed by atoms with Gasteiger partial charge in [0, 0.05) is 10.4 Å². The maximum absolute atomic E-state index is 3.44. The first-order valence-electron chi connectivity index (χ1n) is 3.14. The first kappa shape index (κ1) is 7.53. The average molecular weight is 245 g/mol. The van der Waals surface area contributed by atoms with E-state index in [1.807, 2.05) is 0 Å². The minimum absolute atomic E-state index is 1.19. The van der Waals surface area contributed by atoms with Crippen LogP contribution in [0.3, 0.4) is 0 Å². The first-order valence-corrected chi connectivity index (χ1v) is 5.69. The quantitative estimate of drug-likeness (QED) is 0.704. The van der Waals surface area contributed by atoms with Crippen LogP contribution in [-0.2, 0) is 0 Å². The van der Waals surface area contributed by atoms with E-state index in [9.17, 15) is 0 Å². The molecule has 0 N–H and O–H groups in total. The Kier molecular flexibility index (Phi) is 2.11. The molecule has 0 aliphatic carbocycles. The van der Waals surface area contributed by atoms with E-state index in [1.165, 1.54) is 14.2 Å². The van der Waals surface area contributed by atoms with E-state index in [1.54, 1.807) is 22.7 Å². The standard InChI is InChI=1S/C8H5BrS2/c9-8-2-1-7(11-8)6-3-4-10-5-6/h1-5H. The van der Waals surface area contributed by atoms with Gasteiger partial charge in [-0.05, 0) is 44.9 Å². The molecule has 2 aromatic heterocycles. The second kappa shape index (κ2) is 3.09. The molecule has 0 saturated heterocycles. The first-order chi connectivity index (χ1) is 5.36. The molecule has 0 atom stereocenters. The van der Waals surface area contributed by atoms with Gasteiger partial charge in [0.2, 0.25) is 0 Å². The fourth-order valence-corrected chi connectivity index (χ4v) is 2.99. The third kappa shape index (κ3) is 1.55. The molecule has 0 saturated carbocycles. The molecule has 0 radical (unpaired) electrons. The highest BCUT2D eigenvalue weighted by molar-refractivity contribution is 9.11. The molecule has 11 heavy (non-hydrogen) atoms. The van der Waals surface area contributed by atoms with Gasteiger partial charge in [-0.15, -0.1) is 11.3 Å². The fraction of sp³-hybridized carbons (Fsp3) is 0. The lowest BCUT2D eigenvalue weighted by Gasteiger charge is -1.86. The van der Waals surface area contributed by atoms with Crippen molar-refractivity contribution in [1.82, 2.24) is 0 Å². The Bertz CT molecular complexity index is 335. The Hall–Kier alpha value is -0.120. The summed E-state index contributed by atoms with van der Waals surface area (Å²) in [4.78, 5) is 1.33. The summed E-state index contributed by atoms with van der Waals surface area (Å²) in [6.07, 6.45) is 0. The van der Waals surface area contributed by atoms with Crippen LogP contribution in [0.5, 0.6) is 0 Å². The Morgan fingerprint density at radius 3 is 2.64 bits per heavy atom. The summed E-state index contributed by atoms with van der Waals surface area (Å²) in [5.41, 5.74) is 1.32. The van der Waals surface area contributed by atoms with E-state index < -0.39 is 0 Å². The molecular weight excluding hydrogens is 240 g/mol. The Labute approximate surface area is 81.6 Å². The van der Waals surface area contributed by atoms with E-state index in [-0.39, 0.29) is 0 Å². The van der Waals surface area contributed by atoms with Crippen LogP contribution in [-0.4, -0.2) is 0 Å². The third-order valence-corrected chi connectivity index (χ3v) is 3.73. The fourth-order valence-electron chi connectivity index (χ4n) is 0.874. The summed E-state index contributed by atoms with van der Waals surface area (Å²) in [5, 5.41) is 4.27. The number of hydrogen-bond acceptors (Lipinski definition) is 2. The van der Waals surface area contributed by atoms with Crippen LogP contribution < -0.4 is 0 Å². The predicted octanol–water partition coefficient (Wildman–Crippen LogP) is 4.24. The predicted molar refractivity (Wildman–Crippen MR) is 55.3 cm³/mol. The van der Waals surface area contributed by atoms with Crippen LogP contribution in [0.2, 0.25) is 0 Å². The van der Waals surface area contributed by atoms with Gasteiger partial charge in [-0.25, -0.2) is 0 Å². The van der Waals surface area contributed by atoms with E-state index in [0.29, 0.717) is 0 Å². The zero-order chi connectivity index (χ0) is 7.68. The number of thiophene rings is 2. The van der Waals surface area contributed by atoms with Gasteiger partial charge in [-0.2, -0.15) is 11.3 Å². The highest BCUT2D eigenvalue weighted by Crippen LogP contribution is 2.32. The second-order valence-electron chi connectivity index (χ2n) is 2.12. The zero-order valence-corrected chi connectivity index (χ0v) is 8.80.